The third kappa shape index (κ3) is 4.59. The Morgan fingerprint density at radius 1 is 0.933 bits per heavy atom. The predicted octanol–water partition coefficient (Wildman–Crippen LogP) is 4.80. The largest absolute Gasteiger partial charge is 0.325 e. The van der Waals surface area contributed by atoms with Crippen LogP contribution in [0.25, 0.3) is 22.6 Å². The number of nitrogens with one attached hydrogen (secondary N) is 1. The molecule has 0 aliphatic carbocycles. The Kier molecular flexibility index (Phi) is 7.32. The SMILES string of the molecule is Cl.Cl.c1ccc(-c2ccc(Cn3ccnc3-c3cc4n(n3)CCCNC4)cc2)cc1. The lowest BCUT2D eigenvalue weighted by atomic mass is 10.0. The molecule has 0 bridgehead atoms. The van der Waals surface area contributed by atoms with Crippen LogP contribution in [0.3, 0.4) is 0 Å². The first-order chi connectivity index (χ1) is 13.9. The van der Waals surface area contributed by atoms with Gasteiger partial charge in [0.1, 0.15) is 5.69 Å². The summed E-state index contributed by atoms with van der Waals surface area (Å²) in [5, 5.41) is 8.25. The van der Waals surface area contributed by atoms with Crippen molar-refractivity contribution in [2.45, 2.75) is 26.1 Å². The molecule has 0 unspecified atom stereocenters. The molecule has 156 valence electrons. The molecule has 0 fully saturated rings. The van der Waals surface area contributed by atoms with E-state index in [1.807, 2.05) is 18.5 Å². The van der Waals surface area contributed by atoms with E-state index >= 15 is 0 Å². The average Bonchev–Trinajstić information content (AvgIpc) is 3.30. The van der Waals surface area contributed by atoms with Crippen LogP contribution in [0.2, 0.25) is 0 Å². The van der Waals surface area contributed by atoms with E-state index in [1.165, 1.54) is 22.4 Å². The second-order valence-electron chi connectivity index (χ2n) is 7.22. The minimum atomic E-state index is 0. The van der Waals surface area contributed by atoms with Gasteiger partial charge in [-0.15, -0.1) is 24.8 Å². The lowest BCUT2D eigenvalue weighted by Gasteiger charge is -2.08. The van der Waals surface area contributed by atoms with Gasteiger partial charge in [-0.05, 0) is 35.7 Å². The van der Waals surface area contributed by atoms with Crippen molar-refractivity contribution in [1.82, 2.24) is 24.6 Å². The number of hydrogen-bond acceptors (Lipinski definition) is 3. The topological polar surface area (TPSA) is 47.7 Å². The van der Waals surface area contributed by atoms with Crippen LogP contribution < -0.4 is 5.32 Å². The maximum atomic E-state index is 4.80. The van der Waals surface area contributed by atoms with Crippen molar-refractivity contribution in [3.63, 3.8) is 0 Å². The minimum absolute atomic E-state index is 0. The number of rotatable bonds is 4. The molecule has 5 nitrogen and oxygen atoms in total. The number of nitrogens with zero attached hydrogens (tertiary/aromatic N) is 4. The summed E-state index contributed by atoms with van der Waals surface area (Å²) in [6.07, 6.45) is 5.00. The number of aryl methyl sites for hydroxylation is 1. The van der Waals surface area contributed by atoms with Crippen molar-refractivity contribution < 1.29 is 0 Å². The van der Waals surface area contributed by atoms with E-state index in [9.17, 15) is 0 Å². The quantitative estimate of drug-likeness (QED) is 0.494. The smallest absolute Gasteiger partial charge is 0.160 e. The minimum Gasteiger partial charge on any atom is -0.325 e. The molecule has 3 heterocycles. The van der Waals surface area contributed by atoms with Gasteiger partial charge in [-0.25, -0.2) is 4.98 Å². The van der Waals surface area contributed by atoms with Gasteiger partial charge in [-0.2, -0.15) is 5.10 Å². The molecule has 5 rings (SSSR count). The second-order valence-corrected chi connectivity index (χ2v) is 7.22. The maximum Gasteiger partial charge on any atom is 0.160 e. The van der Waals surface area contributed by atoms with Gasteiger partial charge < -0.3 is 9.88 Å². The third-order valence-corrected chi connectivity index (χ3v) is 5.25. The molecule has 2 aromatic carbocycles. The van der Waals surface area contributed by atoms with Crippen molar-refractivity contribution in [1.29, 1.82) is 0 Å². The van der Waals surface area contributed by atoms with Crippen molar-refractivity contribution >= 4 is 24.8 Å². The van der Waals surface area contributed by atoms with Gasteiger partial charge in [-0.3, -0.25) is 4.68 Å². The molecule has 4 aromatic rings. The fourth-order valence-electron chi connectivity index (χ4n) is 3.77. The van der Waals surface area contributed by atoms with E-state index in [-0.39, 0.29) is 24.8 Å². The molecule has 1 aliphatic rings. The maximum absolute atomic E-state index is 4.80. The number of fused-ring (bicyclic) bond motifs is 1. The Balaban J connectivity index is 0.00000128. The van der Waals surface area contributed by atoms with Crippen LogP contribution in [0.5, 0.6) is 0 Å². The fraction of sp³-hybridized carbons (Fsp3) is 0.217. The summed E-state index contributed by atoms with van der Waals surface area (Å²) in [5.74, 6) is 0.924. The summed E-state index contributed by atoms with van der Waals surface area (Å²) in [6.45, 7) is 3.66. The lowest BCUT2D eigenvalue weighted by molar-refractivity contribution is 0.588. The van der Waals surface area contributed by atoms with Gasteiger partial charge in [0, 0.05) is 32.0 Å². The average molecular weight is 442 g/mol. The zero-order valence-electron chi connectivity index (χ0n) is 16.6. The zero-order chi connectivity index (χ0) is 18.8. The first-order valence-electron chi connectivity index (χ1n) is 9.80. The van der Waals surface area contributed by atoms with Gasteiger partial charge in [0.05, 0.1) is 5.69 Å². The highest BCUT2D eigenvalue weighted by atomic mass is 35.5. The molecule has 7 heteroatoms. The lowest BCUT2D eigenvalue weighted by Crippen LogP contribution is -2.11. The van der Waals surface area contributed by atoms with E-state index in [4.69, 9.17) is 5.10 Å². The first kappa shape index (κ1) is 22.1. The highest BCUT2D eigenvalue weighted by Gasteiger charge is 2.15. The monoisotopic (exact) mass is 441 g/mol. The molecular formula is C23H25Cl2N5. The summed E-state index contributed by atoms with van der Waals surface area (Å²) in [5.41, 5.74) is 5.91. The predicted molar refractivity (Wildman–Crippen MR) is 125 cm³/mol. The van der Waals surface area contributed by atoms with Gasteiger partial charge in [0.15, 0.2) is 5.82 Å². The Morgan fingerprint density at radius 3 is 2.50 bits per heavy atom. The number of halogens is 2. The molecule has 0 spiro atoms. The molecule has 0 amide bonds. The van der Waals surface area contributed by atoms with Crippen LogP contribution in [0, 0.1) is 0 Å². The van der Waals surface area contributed by atoms with Crippen LogP contribution in [0.1, 0.15) is 17.7 Å². The first-order valence-corrected chi connectivity index (χ1v) is 9.80. The summed E-state index contributed by atoms with van der Waals surface area (Å²) >= 11 is 0. The van der Waals surface area contributed by atoms with Crippen LogP contribution in [0.15, 0.2) is 73.1 Å². The van der Waals surface area contributed by atoms with Crippen molar-refractivity contribution in [2.24, 2.45) is 0 Å². The summed E-state index contributed by atoms with van der Waals surface area (Å²) in [7, 11) is 0. The Labute approximate surface area is 189 Å². The third-order valence-electron chi connectivity index (χ3n) is 5.25. The van der Waals surface area contributed by atoms with E-state index < -0.39 is 0 Å². The molecule has 0 saturated carbocycles. The van der Waals surface area contributed by atoms with E-state index in [1.54, 1.807) is 0 Å². The molecule has 0 atom stereocenters. The van der Waals surface area contributed by atoms with Gasteiger partial charge in [-0.1, -0.05) is 54.6 Å². The molecule has 1 aliphatic heterocycles. The van der Waals surface area contributed by atoms with Crippen molar-refractivity contribution in [2.75, 3.05) is 6.54 Å². The van der Waals surface area contributed by atoms with Gasteiger partial charge in [0.2, 0.25) is 0 Å². The summed E-state index contributed by atoms with van der Waals surface area (Å²) in [4.78, 5) is 4.58. The molecule has 30 heavy (non-hydrogen) atoms. The molecule has 1 N–H and O–H groups in total. The van der Waals surface area contributed by atoms with E-state index in [0.717, 1.165) is 44.1 Å². The number of imidazole rings is 1. The van der Waals surface area contributed by atoms with Crippen molar-refractivity contribution in [3.05, 3.63) is 84.3 Å². The van der Waals surface area contributed by atoms with Crippen molar-refractivity contribution in [3.8, 4) is 22.6 Å². The Hall–Kier alpha value is -2.60. The van der Waals surface area contributed by atoms with Crippen LogP contribution in [-0.4, -0.2) is 25.9 Å². The number of hydrogen-bond donors (Lipinski definition) is 1. The summed E-state index contributed by atoms with van der Waals surface area (Å²) in [6, 6.07) is 21.4. The molecule has 0 radical (unpaired) electrons. The fourth-order valence-corrected chi connectivity index (χ4v) is 3.77. The highest BCUT2D eigenvalue weighted by Crippen LogP contribution is 2.22. The molecule has 0 saturated heterocycles. The zero-order valence-corrected chi connectivity index (χ0v) is 18.2. The van der Waals surface area contributed by atoms with E-state index in [0.29, 0.717) is 0 Å². The number of benzene rings is 2. The van der Waals surface area contributed by atoms with Crippen LogP contribution >= 0.6 is 24.8 Å². The Bertz CT molecular complexity index is 1050. The number of aromatic nitrogens is 4. The Morgan fingerprint density at radius 2 is 1.70 bits per heavy atom. The standard InChI is InChI=1S/C23H23N5.2ClH/c1-2-5-19(6-3-1)20-9-7-18(8-10-20)17-27-14-12-25-23(27)22-15-21-16-24-11-4-13-28(21)26-22;;/h1-3,5-10,12,14-15,24H,4,11,13,16-17H2;2*1H. The van der Waals surface area contributed by atoms with Gasteiger partial charge in [0.25, 0.3) is 0 Å². The van der Waals surface area contributed by atoms with Crippen LogP contribution in [-0.2, 0) is 19.6 Å². The second kappa shape index (κ2) is 9.94. The normalized spacial score (nSPS) is 12.9. The molecule has 2 aromatic heterocycles. The molecular weight excluding hydrogens is 417 g/mol. The highest BCUT2D eigenvalue weighted by molar-refractivity contribution is 5.85. The van der Waals surface area contributed by atoms with E-state index in [2.05, 4.69) is 74.1 Å². The van der Waals surface area contributed by atoms with Gasteiger partial charge >= 0.3 is 0 Å². The van der Waals surface area contributed by atoms with Crippen LogP contribution in [0.4, 0.5) is 0 Å². The summed E-state index contributed by atoms with van der Waals surface area (Å²) < 4.78 is 4.29.